The molecule has 0 bridgehead atoms. The highest BCUT2D eigenvalue weighted by molar-refractivity contribution is 5.87. The van der Waals surface area contributed by atoms with Crippen LogP contribution in [0.1, 0.15) is 10.5 Å². The number of carboxylic acid groups (broad SMARTS) is 1. The lowest BCUT2D eigenvalue weighted by molar-refractivity contribution is 0.0690. The van der Waals surface area contributed by atoms with E-state index in [0.717, 1.165) is 5.56 Å². The Bertz CT molecular complexity index is 760. The molecule has 3 aromatic heterocycles. The second kappa shape index (κ2) is 5.12. The number of aromatic amines is 1. The first-order valence-electron chi connectivity index (χ1n) is 6.16. The predicted molar refractivity (Wildman–Crippen MR) is 74.7 cm³/mol. The van der Waals surface area contributed by atoms with Gasteiger partial charge in [0.05, 0.1) is 24.7 Å². The van der Waals surface area contributed by atoms with Crippen LogP contribution in [0.5, 0.6) is 5.88 Å². The second-order valence-corrected chi connectivity index (χ2v) is 4.29. The van der Waals surface area contributed by atoms with Gasteiger partial charge in [-0.15, -0.1) is 0 Å². The van der Waals surface area contributed by atoms with Crippen molar-refractivity contribution in [1.29, 1.82) is 0 Å². The third kappa shape index (κ3) is 2.36. The molecule has 2 N–H and O–H groups in total. The van der Waals surface area contributed by atoms with E-state index in [1.54, 1.807) is 35.4 Å². The van der Waals surface area contributed by atoms with Gasteiger partial charge in [0.25, 0.3) is 0 Å². The summed E-state index contributed by atoms with van der Waals surface area (Å²) in [5.74, 6) is -0.598. The molecule has 3 rings (SSSR count). The van der Waals surface area contributed by atoms with Crippen molar-refractivity contribution >= 4 is 5.97 Å². The van der Waals surface area contributed by atoms with Crippen molar-refractivity contribution in [2.45, 2.75) is 0 Å². The first-order chi connectivity index (χ1) is 10.2. The number of hydrogen-bond acceptors (Lipinski definition) is 4. The smallest absolute Gasteiger partial charge is 0.356 e. The zero-order chi connectivity index (χ0) is 14.8. The molecule has 0 aromatic carbocycles. The number of nitrogens with zero attached hydrogens (tertiary/aromatic N) is 3. The molecular weight excluding hydrogens is 272 g/mol. The highest BCUT2D eigenvalue weighted by Crippen LogP contribution is 2.24. The van der Waals surface area contributed by atoms with Crippen molar-refractivity contribution in [3.8, 4) is 22.8 Å². The third-order valence-corrected chi connectivity index (χ3v) is 3.00. The van der Waals surface area contributed by atoms with Crippen molar-refractivity contribution in [2.24, 2.45) is 0 Å². The average molecular weight is 284 g/mol. The van der Waals surface area contributed by atoms with Crippen molar-refractivity contribution in [3.63, 3.8) is 0 Å². The minimum atomic E-state index is -1.08. The van der Waals surface area contributed by atoms with Crippen LogP contribution in [0.4, 0.5) is 0 Å². The summed E-state index contributed by atoms with van der Waals surface area (Å²) in [4.78, 5) is 18.2. The standard InChI is InChI=1S/C14H12N4O3/c1-21-13-3-2-10(8-16-13)18-12(9-4-5-15-7-9)6-11(17-18)14(19)20/h2-8,15H,1H3,(H,19,20). The van der Waals surface area contributed by atoms with Gasteiger partial charge in [-0.25, -0.2) is 14.5 Å². The molecule has 7 nitrogen and oxygen atoms in total. The molecule has 0 radical (unpaired) electrons. The molecule has 0 aliphatic rings. The Morgan fingerprint density at radius 3 is 2.81 bits per heavy atom. The topological polar surface area (TPSA) is 93.0 Å². The van der Waals surface area contributed by atoms with Crippen LogP contribution in [0.15, 0.2) is 42.9 Å². The maximum atomic E-state index is 11.1. The van der Waals surface area contributed by atoms with Crippen LogP contribution in [-0.2, 0) is 0 Å². The van der Waals surface area contributed by atoms with Gasteiger partial charge in [-0.2, -0.15) is 5.10 Å². The lowest BCUT2D eigenvalue weighted by Crippen LogP contribution is -2.02. The molecule has 106 valence electrons. The van der Waals surface area contributed by atoms with E-state index in [9.17, 15) is 4.79 Å². The molecular formula is C14H12N4O3. The molecule has 0 saturated carbocycles. The molecule has 7 heteroatoms. The number of ether oxygens (including phenoxy) is 1. The number of H-pyrrole nitrogens is 1. The number of rotatable bonds is 4. The molecule has 0 spiro atoms. The molecule has 0 unspecified atom stereocenters. The quantitative estimate of drug-likeness (QED) is 0.764. The normalized spacial score (nSPS) is 10.5. The summed E-state index contributed by atoms with van der Waals surface area (Å²) in [5.41, 5.74) is 2.13. The Kier molecular flexibility index (Phi) is 3.15. The minimum Gasteiger partial charge on any atom is -0.481 e. The van der Waals surface area contributed by atoms with Crippen molar-refractivity contribution < 1.29 is 14.6 Å². The summed E-state index contributed by atoms with van der Waals surface area (Å²) in [6.07, 6.45) is 5.11. The van der Waals surface area contributed by atoms with E-state index in [1.807, 2.05) is 6.07 Å². The Balaban J connectivity index is 2.13. The minimum absolute atomic E-state index is 0.0259. The Hall–Kier alpha value is -3.09. The van der Waals surface area contributed by atoms with E-state index in [2.05, 4.69) is 15.1 Å². The second-order valence-electron chi connectivity index (χ2n) is 4.29. The van der Waals surface area contributed by atoms with E-state index in [-0.39, 0.29) is 5.69 Å². The zero-order valence-corrected chi connectivity index (χ0v) is 11.1. The van der Waals surface area contributed by atoms with E-state index in [1.165, 1.54) is 13.2 Å². The molecule has 0 aliphatic carbocycles. The van der Waals surface area contributed by atoms with E-state index in [0.29, 0.717) is 17.3 Å². The van der Waals surface area contributed by atoms with Crippen LogP contribution in [-0.4, -0.2) is 37.9 Å². The van der Waals surface area contributed by atoms with Gasteiger partial charge in [-0.1, -0.05) is 0 Å². The van der Waals surface area contributed by atoms with Gasteiger partial charge in [-0.3, -0.25) is 0 Å². The van der Waals surface area contributed by atoms with Crippen LogP contribution >= 0.6 is 0 Å². The summed E-state index contributed by atoms with van der Waals surface area (Å²) in [7, 11) is 1.53. The SMILES string of the molecule is COc1ccc(-n2nc(C(=O)O)cc2-c2cc[nH]c2)cn1. The molecule has 0 amide bonds. The molecule has 0 aliphatic heterocycles. The van der Waals surface area contributed by atoms with Gasteiger partial charge >= 0.3 is 5.97 Å². The van der Waals surface area contributed by atoms with Gasteiger partial charge in [0.2, 0.25) is 5.88 Å². The monoisotopic (exact) mass is 284 g/mol. The third-order valence-electron chi connectivity index (χ3n) is 3.00. The van der Waals surface area contributed by atoms with Gasteiger partial charge in [0, 0.05) is 24.0 Å². The number of pyridine rings is 1. The van der Waals surface area contributed by atoms with Crippen LogP contribution in [0.25, 0.3) is 16.9 Å². The highest BCUT2D eigenvalue weighted by Gasteiger charge is 2.16. The van der Waals surface area contributed by atoms with Gasteiger partial charge in [0.1, 0.15) is 0 Å². The summed E-state index contributed by atoms with van der Waals surface area (Å²) in [6.45, 7) is 0. The lowest BCUT2D eigenvalue weighted by atomic mass is 10.2. The van der Waals surface area contributed by atoms with Crippen molar-refractivity contribution in [1.82, 2.24) is 19.7 Å². The summed E-state index contributed by atoms with van der Waals surface area (Å²) >= 11 is 0. The van der Waals surface area contributed by atoms with E-state index < -0.39 is 5.97 Å². The molecule has 3 aromatic rings. The Morgan fingerprint density at radius 1 is 1.38 bits per heavy atom. The Morgan fingerprint density at radius 2 is 2.24 bits per heavy atom. The first-order valence-corrected chi connectivity index (χ1v) is 6.16. The molecule has 0 atom stereocenters. The van der Waals surface area contributed by atoms with Crippen LogP contribution in [0.2, 0.25) is 0 Å². The molecule has 0 saturated heterocycles. The van der Waals surface area contributed by atoms with E-state index >= 15 is 0 Å². The first kappa shape index (κ1) is 12.9. The largest absolute Gasteiger partial charge is 0.481 e. The van der Waals surface area contributed by atoms with Crippen LogP contribution < -0.4 is 4.74 Å². The number of carbonyl (C=O) groups is 1. The van der Waals surface area contributed by atoms with Gasteiger partial charge < -0.3 is 14.8 Å². The summed E-state index contributed by atoms with van der Waals surface area (Å²) in [5, 5.41) is 13.2. The van der Waals surface area contributed by atoms with Crippen LogP contribution in [0, 0.1) is 0 Å². The van der Waals surface area contributed by atoms with Crippen LogP contribution in [0.3, 0.4) is 0 Å². The number of aromatic carboxylic acids is 1. The fourth-order valence-corrected chi connectivity index (χ4v) is 1.99. The zero-order valence-electron chi connectivity index (χ0n) is 11.1. The molecule has 21 heavy (non-hydrogen) atoms. The lowest BCUT2D eigenvalue weighted by Gasteiger charge is -2.06. The summed E-state index contributed by atoms with van der Waals surface area (Å²) < 4.78 is 6.55. The number of methoxy groups -OCH3 is 1. The summed E-state index contributed by atoms with van der Waals surface area (Å²) in [6, 6.07) is 6.82. The predicted octanol–water partition coefficient (Wildman–Crippen LogP) is 1.97. The number of hydrogen-bond donors (Lipinski definition) is 2. The number of aromatic nitrogens is 4. The number of carboxylic acids is 1. The maximum absolute atomic E-state index is 11.1. The molecule has 3 heterocycles. The average Bonchev–Trinajstić information content (AvgIpc) is 3.16. The Labute approximate surface area is 119 Å². The highest BCUT2D eigenvalue weighted by atomic mass is 16.5. The van der Waals surface area contributed by atoms with Crippen molar-refractivity contribution in [2.75, 3.05) is 7.11 Å². The number of nitrogens with one attached hydrogen (secondary N) is 1. The fourth-order valence-electron chi connectivity index (χ4n) is 1.99. The van der Waals surface area contributed by atoms with E-state index in [4.69, 9.17) is 9.84 Å². The van der Waals surface area contributed by atoms with Gasteiger partial charge in [-0.05, 0) is 18.2 Å². The fraction of sp³-hybridized carbons (Fsp3) is 0.0714. The van der Waals surface area contributed by atoms with Gasteiger partial charge in [0.15, 0.2) is 5.69 Å². The maximum Gasteiger partial charge on any atom is 0.356 e. The molecule has 0 fully saturated rings. The van der Waals surface area contributed by atoms with Crippen molar-refractivity contribution in [3.05, 3.63) is 48.5 Å².